The summed E-state index contributed by atoms with van der Waals surface area (Å²) < 4.78 is 7.14. The molecule has 1 aliphatic rings. The van der Waals surface area contributed by atoms with Crippen LogP contribution in [0.15, 0.2) is 12.4 Å². The summed E-state index contributed by atoms with van der Waals surface area (Å²) in [7, 11) is 1.83. The smallest absolute Gasteiger partial charge is 0.260 e. The van der Waals surface area contributed by atoms with Gasteiger partial charge < -0.3 is 9.64 Å². The van der Waals surface area contributed by atoms with Gasteiger partial charge in [-0.15, -0.1) is 0 Å². The molecule has 1 heterocycles. The van der Waals surface area contributed by atoms with E-state index in [1.807, 2.05) is 14.0 Å². The number of likely N-dealkylation sites (N-methyl/N-ethyl adjacent to an activating group) is 1. The van der Waals surface area contributed by atoms with Crippen LogP contribution in [0.3, 0.4) is 0 Å². The maximum Gasteiger partial charge on any atom is 0.260 e. The molecule has 5 nitrogen and oxygen atoms in total. The van der Waals surface area contributed by atoms with Crippen LogP contribution in [0.2, 0.25) is 0 Å². The van der Waals surface area contributed by atoms with Gasteiger partial charge in [0, 0.05) is 19.6 Å². The quantitative estimate of drug-likeness (QED) is 0.745. The van der Waals surface area contributed by atoms with Crippen LogP contribution in [-0.2, 0) is 11.3 Å². The monoisotopic (exact) mass is 223 g/mol. The first-order valence-electron chi connectivity index (χ1n) is 5.61. The normalized spacial score (nSPS) is 14.9. The molecule has 1 aromatic heterocycles. The van der Waals surface area contributed by atoms with Gasteiger partial charge in [-0.1, -0.05) is 0 Å². The Morgan fingerprint density at radius 1 is 1.69 bits per heavy atom. The molecule has 1 fully saturated rings. The molecule has 0 N–H and O–H groups in total. The van der Waals surface area contributed by atoms with Gasteiger partial charge in [0.2, 0.25) is 0 Å². The second kappa shape index (κ2) is 4.55. The van der Waals surface area contributed by atoms with Crippen molar-refractivity contribution in [2.45, 2.75) is 32.4 Å². The van der Waals surface area contributed by atoms with Crippen LogP contribution in [-0.4, -0.2) is 40.3 Å². The molecule has 1 saturated carbocycles. The van der Waals surface area contributed by atoms with Crippen LogP contribution >= 0.6 is 0 Å². The van der Waals surface area contributed by atoms with Crippen molar-refractivity contribution < 1.29 is 9.53 Å². The lowest BCUT2D eigenvalue weighted by atomic mass is 10.5. The van der Waals surface area contributed by atoms with Gasteiger partial charge in [0.05, 0.1) is 12.4 Å². The van der Waals surface area contributed by atoms with Gasteiger partial charge in [-0.3, -0.25) is 9.48 Å². The third kappa shape index (κ3) is 2.53. The van der Waals surface area contributed by atoms with E-state index in [1.54, 1.807) is 22.0 Å². The van der Waals surface area contributed by atoms with Crippen LogP contribution in [0.25, 0.3) is 0 Å². The zero-order chi connectivity index (χ0) is 11.5. The first-order chi connectivity index (χ1) is 7.70. The number of aromatic nitrogens is 2. The van der Waals surface area contributed by atoms with Crippen LogP contribution in [0.4, 0.5) is 0 Å². The zero-order valence-corrected chi connectivity index (χ0v) is 9.72. The zero-order valence-electron chi connectivity index (χ0n) is 9.72. The highest BCUT2D eigenvalue weighted by molar-refractivity contribution is 5.78. The van der Waals surface area contributed by atoms with E-state index in [0.717, 1.165) is 19.4 Å². The van der Waals surface area contributed by atoms with E-state index in [-0.39, 0.29) is 12.5 Å². The summed E-state index contributed by atoms with van der Waals surface area (Å²) in [4.78, 5) is 13.4. The van der Waals surface area contributed by atoms with Crippen molar-refractivity contribution in [3.63, 3.8) is 0 Å². The Morgan fingerprint density at radius 2 is 2.44 bits per heavy atom. The number of ether oxygens (including phenoxy) is 1. The lowest BCUT2D eigenvalue weighted by Crippen LogP contribution is -2.33. The topological polar surface area (TPSA) is 47.4 Å². The minimum atomic E-state index is 0.0340. The highest BCUT2D eigenvalue weighted by Crippen LogP contribution is 2.25. The summed E-state index contributed by atoms with van der Waals surface area (Å²) in [6, 6.07) is 0.439. The number of nitrogens with zero attached hydrogens (tertiary/aromatic N) is 3. The molecule has 1 aromatic rings. The highest BCUT2D eigenvalue weighted by atomic mass is 16.5. The van der Waals surface area contributed by atoms with E-state index in [2.05, 4.69) is 5.10 Å². The number of carbonyl (C=O) groups is 1. The van der Waals surface area contributed by atoms with Crippen LogP contribution in [0.5, 0.6) is 5.75 Å². The van der Waals surface area contributed by atoms with E-state index >= 15 is 0 Å². The van der Waals surface area contributed by atoms with Crippen molar-refractivity contribution in [2.24, 2.45) is 0 Å². The first kappa shape index (κ1) is 11.0. The molecule has 1 aliphatic carbocycles. The van der Waals surface area contributed by atoms with E-state index in [9.17, 15) is 4.79 Å². The molecule has 88 valence electrons. The Hall–Kier alpha value is -1.52. The molecular formula is C11H17N3O2. The molecule has 0 saturated heterocycles. The summed E-state index contributed by atoms with van der Waals surface area (Å²) in [5, 5.41) is 4.07. The molecule has 5 heteroatoms. The lowest BCUT2D eigenvalue weighted by molar-refractivity contribution is -0.132. The molecule has 0 radical (unpaired) electrons. The summed E-state index contributed by atoms with van der Waals surface area (Å²) in [5.41, 5.74) is 0. The first-order valence-corrected chi connectivity index (χ1v) is 5.61. The molecule has 16 heavy (non-hydrogen) atoms. The average molecular weight is 223 g/mol. The summed E-state index contributed by atoms with van der Waals surface area (Å²) in [6.07, 6.45) is 5.67. The predicted molar refractivity (Wildman–Crippen MR) is 59.2 cm³/mol. The maximum absolute atomic E-state index is 11.6. The number of carbonyl (C=O) groups excluding carboxylic acids is 1. The van der Waals surface area contributed by atoms with Crippen molar-refractivity contribution in [3.05, 3.63) is 12.4 Å². The van der Waals surface area contributed by atoms with Gasteiger partial charge in [-0.05, 0) is 19.8 Å². The molecule has 1 amide bonds. The fourth-order valence-corrected chi connectivity index (χ4v) is 1.50. The molecule has 2 rings (SSSR count). The Morgan fingerprint density at radius 3 is 3.00 bits per heavy atom. The van der Waals surface area contributed by atoms with Gasteiger partial charge in [0.1, 0.15) is 0 Å². The Kier molecular flexibility index (Phi) is 3.12. The number of hydrogen-bond acceptors (Lipinski definition) is 3. The summed E-state index contributed by atoms with van der Waals surface area (Å²) in [5.74, 6) is 0.686. The van der Waals surface area contributed by atoms with Gasteiger partial charge in [0.15, 0.2) is 12.4 Å². The number of aryl methyl sites for hydroxylation is 1. The van der Waals surface area contributed by atoms with Crippen LogP contribution in [0.1, 0.15) is 19.8 Å². The van der Waals surface area contributed by atoms with Crippen molar-refractivity contribution in [1.82, 2.24) is 14.7 Å². The second-order valence-corrected chi connectivity index (χ2v) is 4.06. The largest absolute Gasteiger partial charge is 0.480 e. The molecule has 0 bridgehead atoms. The van der Waals surface area contributed by atoms with E-state index < -0.39 is 0 Å². The van der Waals surface area contributed by atoms with E-state index in [0.29, 0.717) is 11.8 Å². The van der Waals surface area contributed by atoms with Gasteiger partial charge >= 0.3 is 0 Å². The van der Waals surface area contributed by atoms with Crippen LogP contribution in [0, 0.1) is 0 Å². The molecule has 0 aromatic carbocycles. The van der Waals surface area contributed by atoms with Gasteiger partial charge in [-0.2, -0.15) is 5.10 Å². The summed E-state index contributed by atoms with van der Waals surface area (Å²) >= 11 is 0. The highest BCUT2D eigenvalue weighted by Gasteiger charge is 2.29. The fourth-order valence-electron chi connectivity index (χ4n) is 1.50. The van der Waals surface area contributed by atoms with Gasteiger partial charge in [0.25, 0.3) is 5.91 Å². The number of hydrogen-bond donors (Lipinski definition) is 0. The van der Waals surface area contributed by atoms with Crippen LogP contribution < -0.4 is 4.74 Å². The minimum Gasteiger partial charge on any atom is -0.480 e. The lowest BCUT2D eigenvalue weighted by Gasteiger charge is -2.15. The minimum absolute atomic E-state index is 0.0340. The van der Waals surface area contributed by atoms with Crippen molar-refractivity contribution in [2.75, 3.05) is 13.7 Å². The third-order valence-corrected chi connectivity index (χ3v) is 2.78. The standard InChI is InChI=1S/C11H17N3O2/c1-3-14-7-10(6-12-14)16-8-11(15)13(2)9-4-5-9/h6-7,9H,3-5,8H2,1-2H3. The Labute approximate surface area is 95.0 Å². The molecular weight excluding hydrogens is 206 g/mol. The molecule has 0 unspecified atom stereocenters. The molecule has 0 spiro atoms. The van der Waals surface area contributed by atoms with Crippen molar-refractivity contribution >= 4 is 5.91 Å². The maximum atomic E-state index is 11.6. The Bertz CT molecular complexity index is 371. The summed E-state index contributed by atoms with van der Waals surface area (Å²) in [6.45, 7) is 2.91. The molecule has 0 aliphatic heterocycles. The molecule has 0 atom stereocenters. The van der Waals surface area contributed by atoms with Crippen molar-refractivity contribution in [1.29, 1.82) is 0 Å². The van der Waals surface area contributed by atoms with Gasteiger partial charge in [-0.25, -0.2) is 0 Å². The van der Waals surface area contributed by atoms with Crippen molar-refractivity contribution in [3.8, 4) is 5.75 Å². The third-order valence-electron chi connectivity index (χ3n) is 2.78. The second-order valence-electron chi connectivity index (χ2n) is 4.06. The number of rotatable bonds is 5. The van der Waals surface area contributed by atoms with E-state index in [4.69, 9.17) is 4.74 Å². The SMILES string of the molecule is CCn1cc(OCC(=O)N(C)C2CC2)cn1. The Balaban J connectivity index is 1.79. The number of amides is 1. The fraction of sp³-hybridized carbons (Fsp3) is 0.636. The average Bonchev–Trinajstić information content (AvgIpc) is 3.04. The predicted octanol–water partition coefficient (Wildman–Crippen LogP) is 0.903. The van der Waals surface area contributed by atoms with E-state index in [1.165, 1.54) is 0 Å².